The Balaban J connectivity index is 1.14. The van der Waals surface area contributed by atoms with E-state index in [1.807, 2.05) is 0 Å². The summed E-state index contributed by atoms with van der Waals surface area (Å²) < 4.78 is 36.9. The largest absolute Gasteiger partial charge is 0.477 e. The average Bonchev–Trinajstić information content (AvgIpc) is 3.67. The average molecular weight is 569 g/mol. The maximum Gasteiger partial charge on any atom is 0.414 e. The molecule has 4 heterocycles. The number of carboxylic acids is 1. The van der Waals surface area contributed by atoms with Gasteiger partial charge in [-0.1, -0.05) is 0 Å². The van der Waals surface area contributed by atoms with Crippen LogP contribution < -0.4 is 25.9 Å². The highest BCUT2D eigenvalue weighted by atomic mass is 19.1. The van der Waals surface area contributed by atoms with Gasteiger partial charge in [-0.25, -0.2) is 23.4 Å². The molecule has 12 nitrogen and oxygen atoms in total. The Morgan fingerprint density at radius 3 is 2.54 bits per heavy atom. The topological polar surface area (TPSA) is 146 Å². The van der Waals surface area contributed by atoms with Crippen LogP contribution in [-0.4, -0.2) is 71.0 Å². The second kappa shape index (κ2) is 10.0. The van der Waals surface area contributed by atoms with Gasteiger partial charge in [0.15, 0.2) is 11.6 Å². The van der Waals surface area contributed by atoms with Gasteiger partial charge in [-0.2, -0.15) is 0 Å². The SMILES string of the molecule is CC(=O)NCC1CN(c2ccc(NC3CN(c4nc5c(cc4F)c(=O)c(C(=O)O)cn5C4CC4)C3)c(F)c2)C(=O)O1. The number of ether oxygens (including phenoxy) is 1. The Morgan fingerprint density at radius 1 is 1.12 bits per heavy atom. The fraction of sp³-hybridized carbons (Fsp3) is 0.370. The van der Waals surface area contributed by atoms with Gasteiger partial charge in [0.25, 0.3) is 0 Å². The predicted molar refractivity (Wildman–Crippen MR) is 144 cm³/mol. The van der Waals surface area contributed by atoms with Crippen LogP contribution in [-0.2, 0) is 9.53 Å². The van der Waals surface area contributed by atoms with Crippen molar-refractivity contribution in [3.8, 4) is 0 Å². The number of nitrogens with one attached hydrogen (secondary N) is 2. The van der Waals surface area contributed by atoms with Crippen LogP contribution in [0.5, 0.6) is 0 Å². The van der Waals surface area contributed by atoms with Crippen molar-refractivity contribution in [1.82, 2.24) is 14.9 Å². The standard InChI is InChI=1S/C27H26F2N6O6/c1-13(36)30-8-17-11-35(27(40)41-17)16-4-5-22(20(28)6-16)31-14-9-33(10-14)25-21(29)7-18-23(37)19(26(38)39)12-34(15-2-3-15)24(18)32-25/h4-7,12,14-15,17,31H,2-3,8-11H2,1H3,(H,30,36)(H,38,39). The van der Waals surface area contributed by atoms with Gasteiger partial charge in [0.1, 0.15) is 23.1 Å². The first kappa shape index (κ1) is 26.5. The number of fused-ring (bicyclic) bond motifs is 1. The normalized spacial score (nSPS) is 18.8. The third-order valence-corrected chi connectivity index (χ3v) is 7.37. The summed E-state index contributed by atoms with van der Waals surface area (Å²) in [5.41, 5.74) is -0.456. The first-order valence-corrected chi connectivity index (χ1v) is 13.1. The van der Waals surface area contributed by atoms with Crippen LogP contribution in [0.2, 0.25) is 0 Å². The van der Waals surface area contributed by atoms with E-state index in [4.69, 9.17) is 4.74 Å². The van der Waals surface area contributed by atoms with Crippen molar-refractivity contribution in [2.45, 2.75) is 38.0 Å². The van der Waals surface area contributed by atoms with E-state index in [2.05, 4.69) is 15.6 Å². The van der Waals surface area contributed by atoms with Gasteiger partial charge >= 0.3 is 12.1 Å². The summed E-state index contributed by atoms with van der Waals surface area (Å²) >= 11 is 0. The number of pyridine rings is 2. The lowest BCUT2D eigenvalue weighted by Crippen LogP contribution is -2.55. The summed E-state index contributed by atoms with van der Waals surface area (Å²) in [4.78, 5) is 54.9. The summed E-state index contributed by atoms with van der Waals surface area (Å²) in [5.74, 6) is -2.93. The zero-order valence-corrected chi connectivity index (χ0v) is 21.9. The number of carbonyl (C=O) groups is 3. The number of carboxylic acid groups (broad SMARTS) is 1. The van der Waals surface area contributed by atoms with E-state index in [0.29, 0.717) is 18.8 Å². The third kappa shape index (κ3) is 5.00. The van der Waals surface area contributed by atoms with E-state index in [1.54, 1.807) is 15.5 Å². The number of aromatic nitrogens is 2. The van der Waals surface area contributed by atoms with Crippen molar-refractivity contribution in [3.63, 3.8) is 0 Å². The molecule has 1 saturated carbocycles. The van der Waals surface area contributed by atoms with E-state index in [-0.39, 0.29) is 53.6 Å². The molecule has 2 aromatic heterocycles. The van der Waals surface area contributed by atoms with Gasteiger partial charge in [0.2, 0.25) is 11.3 Å². The molecule has 41 heavy (non-hydrogen) atoms. The Kier molecular flexibility index (Phi) is 6.47. The lowest BCUT2D eigenvalue weighted by atomic mass is 10.1. The number of rotatable bonds is 8. The number of nitrogens with zero attached hydrogens (tertiary/aromatic N) is 4. The minimum atomic E-state index is -1.38. The molecule has 3 aromatic rings. The molecule has 3 N–H and O–H groups in total. The smallest absolute Gasteiger partial charge is 0.414 e. The quantitative estimate of drug-likeness (QED) is 0.373. The number of aromatic carboxylic acids is 1. The summed E-state index contributed by atoms with van der Waals surface area (Å²) in [6, 6.07) is 5.11. The number of cyclic esters (lactones) is 1. The molecule has 214 valence electrons. The van der Waals surface area contributed by atoms with Gasteiger partial charge in [-0.3, -0.25) is 14.5 Å². The van der Waals surface area contributed by atoms with Crippen LogP contribution in [0.25, 0.3) is 11.0 Å². The number of amides is 2. The lowest BCUT2D eigenvalue weighted by Gasteiger charge is -2.41. The maximum absolute atomic E-state index is 15.1. The minimum absolute atomic E-state index is 0.00396. The molecular weight excluding hydrogens is 542 g/mol. The molecular formula is C27H26F2N6O6. The second-order valence-corrected chi connectivity index (χ2v) is 10.4. The van der Waals surface area contributed by atoms with Crippen LogP contribution in [0, 0.1) is 11.6 Å². The van der Waals surface area contributed by atoms with Crippen molar-refractivity contribution in [2.24, 2.45) is 0 Å². The van der Waals surface area contributed by atoms with Gasteiger partial charge in [-0.15, -0.1) is 0 Å². The molecule has 0 bridgehead atoms. The van der Waals surface area contributed by atoms with Crippen LogP contribution in [0.3, 0.4) is 0 Å². The Labute approximate surface area is 231 Å². The highest BCUT2D eigenvalue weighted by Gasteiger charge is 2.35. The Hall–Kier alpha value is -4.75. The van der Waals surface area contributed by atoms with Gasteiger partial charge in [-0.05, 0) is 37.1 Å². The monoisotopic (exact) mass is 568 g/mol. The van der Waals surface area contributed by atoms with Crippen LogP contribution >= 0.6 is 0 Å². The number of anilines is 3. The van der Waals surface area contributed by atoms with E-state index in [9.17, 15) is 28.7 Å². The highest BCUT2D eigenvalue weighted by Crippen LogP contribution is 2.37. The summed E-state index contributed by atoms with van der Waals surface area (Å²) in [5, 5.41) is 15.0. The number of carbonyl (C=O) groups excluding carboxylic acids is 2. The molecule has 1 atom stereocenters. The third-order valence-electron chi connectivity index (χ3n) is 7.37. The maximum atomic E-state index is 15.1. The zero-order chi connectivity index (χ0) is 29.0. The summed E-state index contributed by atoms with van der Waals surface area (Å²) in [6.07, 6.45) is 1.71. The highest BCUT2D eigenvalue weighted by molar-refractivity contribution is 5.92. The summed E-state index contributed by atoms with van der Waals surface area (Å²) in [6.45, 7) is 2.30. The van der Waals surface area contributed by atoms with Crippen molar-refractivity contribution >= 4 is 46.2 Å². The minimum Gasteiger partial charge on any atom is -0.477 e. The first-order chi connectivity index (χ1) is 19.6. The molecule has 1 unspecified atom stereocenters. The molecule has 0 spiro atoms. The van der Waals surface area contributed by atoms with E-state index >= 15 is 4.39 Å². The first-order valence-electron chi connectivity index (χ1n) is 13.1. The number of halogens is 2. The lowest BCUT2D eigenvalue weighted by molar-refractivity contribution is -0.119. The summed E-state index contributed by atoms with van der Waals surface area (Å²) in [7, 11) is 0. The van der Waals surface area contributed by atoms with Gasteiger partial charge < -0.3 is 29.9 Å². The number of benzene rings is 1. The molecule has 1 aliphatic carbocycles. The molecule has 0 radical (unpaired) electrons. The molecule has 1 aromatic carbocycles. The fourth-order valence-electron chi connectivity index (χ4n) is 5.09. The Bertz CT molecular complexity index is 1650. The zero-order valence-electron chi connectivity index (χ0n) is 21.9. The molecule has 14 heteroatoms. The molecule has 2 saturated heterocycles. The molecule has 6 rings (SSSR count). The second-order valence-electron chi connectivity index (χ2n) is 10.4. The van der Waals surface area contributed by atoms with Crippen molar-refractivity contribution in [1.29, 1.82) is 0 Å². The van der Waals surface area contributed by atoms with Crippen LogP contribution in [0.4, 0.5) is 30.8 Å². The van der Waals surface area contributed by atoms with Crippen molar-refractivity contribution < 1.29 is 33.0 Å². The fourth-order valence-corrected chi connectivity index (χ4v) is 5.09. The van der Waals surface area contributed by atoms with Gasteiger partial charge in [0, 0.05) is 32.3 Å². The number of hydrogen-bond acceptors (Lipinski definition) is 8. The van der Waals surface area contributed by atoms with E-state index < -0.39 is 40.8 Å². The van der Waals surface area contributed by atoms with Crippen molar-refractivity contribution in [2.75, 3.05) is 41.3 Å². The predicted octanol–water partition coefficient (Wildman–Crippen LogP) is 2.47. The molecule has 2 aliphatic heterocycles. The van der Waals surface area contributed by atoms with Crippen molar-refractivity contribution in [3.05, 3.63) is 57.9 Å². The number of hydrogen-bond donors (Lipinski definition) is 3. The van der Waals surface area contributed by atoms with Crippen LogP contribution in [0.15, 0.2) is 35.3 Å². The Morgan fingerprint density at radius 2 is 1.88 bits per heavy atom. The van der Waals surface area contributed by atoms with E-state index in [0.717, 1.165) is 18.9 Å². The molecule has 2 amide bonds. The van der Waals surface area contributed by atoms with Crippen LogP contribution in [0.1, 0.15) is 36.2 Å². The van der Waals surface area contributed by atoms with Gasteiger partial charge in [0.05, 0.1) is 35.9 Å². The molecule has 3 aliphatic rings. The molecule has 3 fully saturated rings. The van der Waals surface area contributed by atoms with E-state index in [1.165, 1.54) is 30.2 Å².